The summed E-state index contributed by atoms with van der Waals surface area (Å²) >= 11 is 0. The van der Waals surface area contributed by atoms with Gasteiger partial charge in [0.15, 0.2) is 0 Å². The van der Waals surface area contributed by atoms with Crippen molar-refractivity contribution in [3.05, 3.63) is 41.1 Å². The first-order valence-corrected chi connectivity index (χ1v) is 8.18. The summed E-state index contributed by atoms with van der Waals surface area (Å²) in [4.78, 5) is 15.0. The molecule has 5 rings (SSSR count). The number of methoxy groups -OCH3 is 1. The summed E-state index contributed by atoms with van der Waals surface area (Å²) in [7, 11) is 1.49. The number of carbonyl (C=O) groups excluding carboxylic acids is 1. The van der Waals surface area contributed by atoms with E-state index in [0.29, 0.717) is 12.0 Å². The highest BCUT2D eigenvalue weighted by atomic mass is 16.5. The minimum atomic E-state index is -0.154. The zero-order valence-corrected chi connectivity index (χ0v) is 12.8. The second-order valence-corrected chi connectivity index (χ2v) is 6.97. The van der Waals surface area contributed by atoms with Gasteiger partial charge in [-0.05, 0) is 49.9 Å². The molecule has 0 saturated carbocycles. The largest absolute Gasteiger partial charge is 0.466 e. The van der Waals surface area contributed by atoms with Gasteiger partial charge in [-0.15, -0.1) is 0 Å². The minimum absolute atomic E-state index is 0.0144. The van der Waals surface area contributed by atoms with Crippen LogP contribution >= 0.6 is 0 Å². The highest BCUT2D eigenvalue weighted by Gasteiger charge is 2.62. The number of benzene rings is 1. The van der Waals surface area contributed by atoms with Gasteiger partial charge in [0.1, 0.15) is 0 Å². The molecule has 1 aliphatic carbocycles. The third-order valence-electron chi connectivity index (χ3n) is 6.24. The van der Waals surface area contributed by atoms with E-state index in [2.05, 4.69) is 34.5 Å². The van der Waals surface area contributed by atoms with Gasteiger partial charge < -0.3 is 10.1 Å². The van der Waals surface area contributed by atoms with E-state index >= 15 is 0 Å². The van der Waals surface area contributed by atoms with Crippen LogP contribution in [0.15, 0.2) is 35.5 Å². The predicted octanol–water partition coefficient (Wildman–Crippen LogP) is 2.27. The highest BCUT2D eigenvalue weighted by molar-refractivity contribution is 5.93. The fourth-order valence-corrected chi connectivity index (χ4v) is 5.52. The summed E-state index contributed by atoms with van der Waals surface area (Å²) < 4.78 is 5.10. The number of nitrogens with one attached hydrogen (secondary N) is 1. The number of para-hydroxylation sites is 1. The van der Waals surface area contributed by atoms with Crippen LogP contribution in [0.2, 0.25) is 0 Å². The monoisotopic (exact) mass is 296 g/mol. The molecule has 2 saturated heterocycles. The zero-order valence-electron chi connectivity index (χ0n) is 12.8. The Labute approximate surface area is 130 Å². The molecule has 114 valence electrons. The van der Waals surface area contributed by atoms with Crippen LogP contribution in [-0.4, -0.2) is 37.1 Å². The zero-order chi connectivity index (χ0) is 14.9. The van der Waals surface area contributed by atoms with Crippen molar-refractivity contribution in [2.45, 2.75) is 30.7 Å². The van der Waals surface area contributed by atoms with Crippen LogP contribution in [0, 0.1) is 5.92 Å². The summed E-state index contributed by atoms with van der Waals surface area (Å²) in [5.41, 5.74) is 4.55. The maximum absolute atomic E-state index is 12.4. The molecular weight excluding hydrogens is 276 g/mol. The summed E-state index contributed by atoms with van der Waals surface area (Å²) in [6.07, 6.45) is 3.16. The van der Waals surface area contributed by atoms with Crippen molar-refractivity contribution in [3.63, 3.8) is 0 Å². The van der Waals surface area contributed by atoms with E-state index in [4.69, 9.17) is 4.74 Å². The number of ether oxygens (including phenoxy) is 1. The molecule has 3 heterocycles. The van der Waals surface area contributed by atoms with Crippen molar-refractivity contribution in [1.29, 1.82) is 0 Å². The Balaban J connectivity index is 1.79. The lowest BCUT2D eigenvalue weighted by Crippen LogP contribution is -2.47. The molecule has 3 aliphatic heterocycles. The van der Waals surface area contributed by atoms with Crippen LogP contribution in [0.5, 0.6) is 0 Å². The molecule has 1 N–H and O–H groups in total. The smallest absolute Gasteiger partial charge is 0.335 e. The summed E-state index contributed by atoms with van der Waals surface area (Å²) in [6, 6.07) is 9.12. The quantitative estimate of drug-likeness (QED) is 0.807. The van der Waals surface area contributed by atoms with Crippen LogP contribution in [0.25, 0.3) is 0 Å². The fraction of sp³-hybridized carbons (Fsp3) is 0.500. The molecule has 0 bridgehead atoms. The number of fused-ring (bicyclic) bond motifs is 1. The van der Waals surface area contributed by atoms with Crippen LogP contribution in [0.4, 0.5) is 5.69 Å². The molecule has 0 amide bonds. The van der Waals surface area contributed by atoms with Gasteiger partial charge >= 0.3 is 5.97 Å². The van der Waals surface area contributed by atoms with E-state index in [1.165, 1.54) is 31.3 Å². The molecule has 4 aliphatic rings. The standard InChI is InChI=1S/C18H20N2O2/c1-22-17(21)12-10-11-6-8-20-9-7-18(16(11)20)13-4-2-3-5-14(13)19-15(12)18/h2-5,11,16,19H,6-10H2,1H3. The van der Waals surface area contributed by atoms with Crippen molar-refractivity contribution >= 4 is 11.7 Å². The lowest BCUT2D eigenvalue weighted by Gasteiger charge is -2.41. The van der Waals surface area contributed by atoms with Gasteiger partial charge in [-0.25, -0.2) is 4.79 Å². The number of anilines is 1. The molecular formula is C18H20N2O2. The first-order valence-electron chi connectivity index (χ1n) is 8.18. The Morgan fingerprint density at radius 3 is 3.09 bits per heavy atom. The number of hydrogen-bond acceptors (Lipinski definition) is 4. The molecule has 4 heteroatoms. The molecule has 2 fully saturated rings. The van der Waals surface area contributed by atoms with Crippen LogP contribution in [0.1, 0.15) is 24.8 Å². The molecule has 1 spiro atoms. The third kappa shape index (κ3) is 1.30. The second kappa shape index (κ2) is 4.13. The van der Waals surface area contributed by atoms with E-state index < -0.39 is 0 Å². The summed E-state index contributed by atoms with van der Waals surface area (Å²) in [6.45, 7) is 2.30. The Hall–Kier alpha value is -1.81. The van der Waals surface area contributed by atoms with Gasteiger partial charge in [0, 0.05) is 17.4 Å². The predicted molar refractivity (Wildman–Crippen MR) is 83.5 cm³/mol. The van der Waals surface area contributed by atoms with E-state index in [1.807, 2.05) is 0 Å². The summed E-state index contributed by atoms with van der Waals surface area (Å²) in [5.74, 6) is 0.423. The van der Waals surface area contributed by atoms with Gasteiger partial charge in [0.05, 0.1) is 18.1 Å². The number of rotatable bonds is 1. The third-order valence-corrected chi connectivity index (χ3v) is 6.24. The van der Waals surface area contributed by atoms with E-state index in [0.717, 1.165) is 30.7 Å². The minimum Gasteiger partial charge on any atom is -0.466 e. The number of esters is 1. The molecule has 0 aromatic heterocycles. The van der Waals surface area contributed by atoms with E-state index in [-0.39, 0.29) is 11.4 Å². The van der Waals surface area contributed by atoms with Gasteiger partial charge in [0.25, 0.3) is 0 Å². The van der Waals surface area contributed by atoms with Crippen LogP contribution < -0.4 is 5.32 Å². The number of hydrogen-bond donors (Lipinski definition) is 1. The first kappa shape index (κ1) is 12.7. The van der Waals surface area contributed by atoms with Crippen molar-refractivity contribution in [1.82, 2.24) is 4.90 Å². The van der Waals surface area contributed by atoms with Crippen molar-refractivity contribution < 1.29 is 9.53 Å². The molecule has 4 nitrogen and oxygen atoms in total. The van der Waals surface area contributed by atoms with Gasteiger partial charge in [0.2, 0.25) is 0 Å². The van der Waals surface area contributed by atoms with Crippen LogP contribution in [0.3, 0.4) is 0 Å². The Morgan fingerprint density at radius 1 is 1.36 bits per heavy atom. The van der Waals surface area contributed by atoms with E-state index in [1.54, 1.807) is 0 Å². The molecule has 3 unspecified atom stereocenters. The van der Waals surface area contributed by atoms with Gasteiger partial charge in [-0.2, -0.15) is 0 Å². The van der Waals surface area contributed by atoms with Crippen LogP contribution in [-0.2, 0) is 14.9 Å². The fourth-order valence-electron chi connectivity index (χ4n) is 5.52. The Bertz CT molecular complexity index is 711. The normalized spacial score (nSPS) is 35.0. The molecule has 0 radical (unpaired) electrons. The highest BCUT2D eigenvalue weighted by Crippen LogP contribution is 2.61. The van der Waals surface area contributed by atoms with Gasteiger partial charge in [-0.3, -0.25) is 4.90 Å². The Morgan fingerprint density at radius 2 is 2.23 bits per heavy atom. The van der Waals surface area contributed by atoms with E-state index in [9.17, 15) is 4.79 Å². The number of nitrogens with zero attached hydrogens (tertiary/aromatic N) is 1. The van der Waals surface area contributed by atoms with Gasteiger partial charge in [-0.1, -0.05) is 18.2 Å². The SMILES string of the molecule is COC(=O)C1=C2Nc3ccccc3C23CCN2CCC(C1)C23. The molecule has 22 heavy (non-hydrogen) atoms. The van der Waals surface area contributed by atoms with Crippen molar-refractivity contribution in [3.8, 4) is 0 Å². The average Bonchev–Trinajstić information content (AvgIpc) is 3.22. The average molecular weight is 296 g/mol. The van der Waals surface area contributed by atoms with Crippen molar-refractivity contribution in [2.24, 2.45) is 5.92 Å². The lowest BCUT2D eigenvalue weighted by molar-refractivity contribution is -0.136. The second-order valence-electron chi connectivity index (χ2n) is 6.97. The van der Waals surface area contributed by atoms with Crippen molar-refractivity contribution in [2.75, 3.05) is 25.5 Å². The molecule has 3 atom stereocenters. The summed E-state index contributed by atoms with van der Waals surface area (Å²) in [5, 5.41) is 3.58. The molecule has 1 aromatic carbocycles. The maximum atomic E-state index is 12.4. The Kier molecular flexibility index (Phi) is 2.39. The number of carbonyl (C=O) groups is 1. The topological polar surface area (TPSA) is 41.6 Å². The maximum Gasteiger partial charge on any atom is 0.335 e. The lowest BCUT2D eigenvalue weighted by atomic mass is 9.64. The molecule has 1 aromatic rings. The first-order chi connectivity index (χ1) is 10.8.